The third-order valence-electron chi connectivity index (χ3n) is 5.06. The van der Waals surface area contributed by atoms with Crippen molar-refractivity contribution in [2.24, 2.45) is 5.92 Å². The Balaban J connectivity index is 2.07. The van der Waals surface area contributed by atoms with Gasteiger partial charge in [0, 0.05) is 10.5 Å². The van der Waals surface area contributed by atoms with Crippen LogP contribution in [0.15, 0.2) is 36.4 Å². The number of hydrogen-bond acceptors (Lipinski definition) is 9. The SMILES string of the molecule is CCOC(=O)C(C(=O)c1ccc(OC)c(OC)c1)C(C[N+](=O)[O-])c1ccc2c(c1)OCO2. The number of fused-ring (bicyclic) bond motifs is 1. The van der Waals surface area contributed by atoms with Crippen LogP contribution >= 0.6 is 0 Å². The fourth-order valence-corrected chi connectivity index (χ4v) is 3.56. The molecule has 32 heavy (non-hydrogen) atoms. The molecule has 2 aromatic carbocycles. The Labute approximate surface area is 184 Å². The maximum atomic E-state index is 13.5. The maximum Gasteiger partial charge on any atom is 0.317 e. The van der Waals surface area contributed by atoms with Gasteiger partial charge in [-0.1, -0.05) is 6.07 Å². The van der Waals surface area contributed by atoms with Gasteiger partial charge in [0.25, 0.3) is 0 Å². The van der Waals surface area contributed by atoms with Gasteiger partial charge in [-0.05, 0) is 42.8 Å². The molecule has 0 radical (unpaired) electrons. The number of methoxy groups -OCH3 is 2. The van der Waals surface area contributed by atoms with E-state index in [4.69, 9.17) is 23.7 Å². The second-order valence-electron chi connectivity index (χ2n) is 6.90. The molecule has 2 unspecified atom stereocenters. The number of nitrogens with zero attached hydrogens (tertiary/aromatic N) is 1. The summed E-state index contributed by atoms with van der Waals surface area (Å²) >= 11 is 0. The van der Waals surface area contributed by atoms with E-state index in [1.807, 2.05) is 0 Å². The molecule has 0 bridgehead atoms. The molecule has 0 aromatic heterocycles. The molecule has 1 aliphatic rings. The number of benzene rings is 2. The Morgan fingerprint density at radius 2 is 1.78 bits per heavy atom. The minimum absolute atomic E-state index is 0.0148. The molecule has 10 heteroatoms. The van der Waals surface area contributed by atoms with E-state index in [0.717, 1.165) is 0 Å². The van der Waals surface area contributed by atoms with Crippen molar-refractivity contribution in [3.05, 3.63) is 57.6 Å². The first-order chi connectivity index (χ1) is 15.4. The number of Topliss-reactive ketones (excluding diaryl/α,β-unsaturated/α-hetero) is 1. The summed E-state index contributed by atoms with van der Waals surface area (Å²) in [6.45, 7) is 0.965. The smallest absolute Gasteiger partial charge is 0.317 e. The Hall–Kier alpha value is -3.82. The van der Waals surface area contributed by atoms with E-state index in [9.17, 15) is 19.7 Å². The van der Waals surface area contributed by atoms with Crippen LogP contribution in [0, 0.1) is 16.0 Å². The fraction of sp³-hybridized carbons (Fsp3) is 0.364. The van der Waals surface area contributed by atoms with Gasteiger partial charge in [0.15, 0.2) is 28.8 Å². The van der Waals surface area contributed by atoms with Crippen molar-refractivity contribution in [2.75, 3.05) is 34.2 Å². The van der Waals surface area contributed by atoms with Crippen LogP contribution in [0.4, 0.5) is 0 Å². The first-order valence-electron chi connectivity index (χ1n) is 9.83. The van der Waals surface area contributed by atoms with Gasteiger partial charge in [-0.25, -0.2) is 0 Å². The van der Waals surface area contributed by atoms with E-state index < -0.39 is 35.1 Å². The molecule has 170 valence electrons. The lowest BCUT2D eigenvalue weighted by Gasteiger charge is -2.23. The highest BCUT2D eigenvalue weighted by atomic mass is 16.7. The molecular weight excluding hydrogens is 422 g/mol. The second kappa shape index (κ2) is 9.99. The first kappa shape index (κ1) is 22.9. The van der Waals surface area contributed by atoms with E-state index in [1.165, 1.54) is 32.4 Å². The number of ether oxygens (including phenoxy) is 5. The Bertz CT molecular complexity index is 1020. The van der Waals surface area contributed by atoms with Crippen LogP contribution in [0.5, 0.6) is 23.0 Å². The Morgan fingerprint density at radius 3 is 2.44 bits per heavy atom. The standard InChI is InChI=1S/C22H23NO9/c1-4-30-22(25)20(21(24)14-6-7-16(28-2)18(10-14)29-3)15(11-23(26)27)13-5-8-17-19(9-13)32-12-31-17/h5-10,15,20H,4,11-12H2,1-3H3. The number of carbonyl (C=O) groups excluding carboxylic acids is 2. The molecule has 0 fully saturated rings. The summed E-state index contributed by atoms with van der Waals surface area (Å²) in [6, 6.07) is 9.14. The van der Waals surface area contributed by atoms with Crippen LogP contribution in [0.1, 0.15) is 28.8 Å². The summed E-state index contributed by atoms with van der Waals surface area (Å²) in [5, 5.41) is 11.5. The van der Waals surface area contributed by atoms with Gasteiger partial charge in [0.1, 0.15) is 5.92 Å². The zero-order valence-electron chi connectivity index (χ0n) is 17.9. The highest BCUT2D eigenvalue weighted by molar-refractivity contribution is 6.09. The van der Waals surface area contributed by atoms with Gasteiger partial charge < -0.3 is 23.7 Å². The Kier molecular flexibility index (Phi) is 7.14. The topological polar surface area (TPSA) is 123 Å². The number of esters is 1. The number of rotatable bonds is 10. The summed E-state index contributed by atoms with van der Waals surface area (Å²) in [7, 11) is 2.87. The minimum atomic E-state index is -1.46. The van der Waals surface area contributed by atoms with Crippen LogP contribution in [0.3, 0.4) is 0 Å². The molecule has 1 aliphatic heterocycles. The minimum Gasteiger partial charge on any atom is -0.493 e. The summed E-state index contributed by atoms with van der Waals surface area (Å²) in [5.74, 6) is -2.49. The predicted octanol–water partition coefficient (Wildman–Crippen LogP) is 2.86. The first-order valence-corrected chi connectivity index (χ1v) is 9.83. The van der Waals surface area contributed by atoms with E-state index in [1.54, 1.807) is 25.1 Å². The molecule has 0 aliphatic carbocycles. The molecule has 2 atom stereocenters. The highest BCUT2D eigenvalue weighted by Gasteiger charge is 2.41. The number of nitro groups is 1. The fourth-order valence-electron chi connectivity index (χ4n) is 3.56. The quantitative estimate of drug-likeness (QED) is 0.178. The zero-order valence-corrected chi connectivity index (χ0v) is 17.9. The maximum absolute atomic E-state index is 13.5. The van der Waals surface area contributed by atoms with Gasteiger partial charge >= 0.3 is 5.97 Å². The van der Waals surface area contributed by atoms with Crippen LogP contribution in [0.25, 0.3) is 0 Å². The van der Waals surface area contributed by atoms with E-state index in [-0.39, 0.29) is 24.7 Å². The molecule has 3 rings (SSSR count). The lowest BCUT2D eigenvalue weighted by atomic mass is 9.81. The van der Waals surface area contributed by atoms with Crippen molar-refractivity contribution in [1.82, 2.24) is 0 Å². The van der Waals surface area contributed by atoms with Gasteiger partial charge in [0.05, 0.1) is 26.7 Å². The third-order valence-corrected chi connectivity index (χ3v) is 5.06. The van der Waals surface area contributed by atoms with Gasteiger partial charge in [0.2, 0.25) is 13.3 Å². The van der Waals surface area contributed by atoms with Gasteiger partial charge in [-0.2, -0.15) is 0 Å². The average molecular weight is 445 g/mol. The molecule has 0 spiro atoms. The van der Waals surface area contributed by atoms with Crippen molar-refractivity contribution < 1.29 is 38.2 Å². The van der Waals surface area contributed by atoms with E-state index in [0.29, 0.717) is 22.8 Å². The molecule has 0 N–H and O–H groups in total. The third kappa shape index (κ3) is 4.74. The second-order valence-corrected chi connectivity index (χ2v) is 6.90. The number of carbonyl (C=O) groups is 2. The molecule has 0 saturated carbocycles. The molecule has 10 nitrogen and oxygen atoms in total. The number of hydrogen-bond donors (Lipinski definition) is 0. The van der Waals surface area contributed by atoms with Crippen molar-refractivity contribution in [2.45, 2.75) is 12.8 Å². The van der Waals surface area contributed by atoms with Crippen LogP contribution in [0.2, 0.25) is 0 Å². The van der Waals surface area contributed by atoms with E-state index in [2.05, 4.69) is 0 Å². The normalized spacial score (nSPS) is 13.7. The predicted molar refractivity (Wildman–Crippen MR) is 111 cm³/mol. The number of ketones is 1. The van der Waals surface area contributed by atoms with Crippen molar-refractivity contribution >= 4 is 11.8 Å². The van der Waals surface area contributed by atoms with Crippen LogP contribution in [-0.4, -0.2) is 50.8 Å². The molecule has 1 heterocycles. The molecule has 0 saturated heterocycles. The lowest BCUT2D eigenvalue weighted by molar-refractivity contribution is -0.484. The Morgan fingerprint density at radius 1 is 1.06 bits per heavy atom. The summed E-state index contributed by atoms with van der Waals surface area (Å²) in [4.78, 5) is 37.3. The van der Waals surface area contributed by atoms with Crippen molar-refractivity contribution in [3.8, 4) is 23.0 Å². The van der Waals surface area contributed by atoms with E-state index >= 15 is 0 Å². The zero-order chi connectivity index (χ0) is 23.3. The summed E-state index contributed by atoms with van der Waals surface area (Å²) in [5.41, 5.74) is 0.521. The van der Waals surface area contributed by atoms with Crippen molar-refractivity contribution in [3.63, 3.8) is 0 Å². The van der Waals surface area contributed by atoms with Crippen LogP contribution in [-0.2, 0) is 9.53 Å². The summed E-state index contributed by atoms with van der Waals surface area (Å²) in [6.07, 6.45) is 0. The summed E-state index contributed by atoms with van der Waals surface area (Å²) < 4.78 is 26.2. The largest absolute Gasteiger partial charge is 0.493 e. The highest BCUT2D eigenvalue weighted by Crippen LogP contribution is 2.38. The van der Waals surface area contributed by atoms with Crippen LogP contribution < -0.4 is 18.9 Å². The average Bonchev–Trinajstić information content (AvgIpc) is 3.25. The molecule has 2 aromatic rings. The molecular formula is C22H23NO9. The lowest BCUT2D eigenvalue weighted by Crippen LogP contribution is -2.35. The van der Waals surface area contributed by atoms with Gasteiger partial charge in [-0.15, -0.1) is 0 Å². The van der Waals surface area contributed by atoms with Gasteiger partial charge in [-0.3, -0.25) is 19.7 Å². The van der Waals surface area contributed by atoms with Crippen molar-refractivity contribution in [1.29, 1.82) is 0 Å². The monoisotopic (exact) mass is 445 g/mol. The molecule has 0 amide bonds.